The van der Waals surface area contributed by atoms with E-state index in [0.29, 0.717) is 0 Å². The molecule has 2 N–H and O–H groups in total. The van der Waals surface area contributed by atoms with E-state index < -0.39 is 0 Å². The number of para-hydroxylation sites is 1. The van der Waals surface area contributed by atoms with Crippen LogP contribution in [0.2, 0.25) is 0 Å². The molecule has 11 rings (SSSR count). The second kappa shape index (κ2) is 29.5. The molecule has 0 saturated carbocycles. The maximum atomic E-state index is 5.97. The van der Waals surface area contributed by atoms with Gasteiger partial charge >= 0.3 is 33.1 Å². The van der Waals surface area contributed by atoms with Gasteiger partial charge in [0.2, 0.25) is 0 Å². The molecule has 0 aliphatic carbocycles. The smallest absolute Gasteiger partial charge is 0.0964 e. The van der Waals surface area contributed by atoms with Gasteiger partial charge in [-0.05, 0) is 141 Å². The zero-order valence-corrected chi connectivity index (χ0v) is 50.0. The minimum atomic E-state index is 0. The molecule has 0 spiro atoms. The normalized spacial score (nSPS) is 10.2. The average molecular weight is 1470 g/mol. The number of aromatic nitrogens is 2. The van der Waals surface area contributed by atoms with Crippen molar-refractivity contribution in [3.63, 3.8) is 0 Å². The van der Waals surface area contributed by atoms with Gasteiger partial charge in [-0.3, -0.25) is 9.97 Å². The third-order valence-corrected chi connectivity index (χ3v) is 16.0. The Morgan fingerprint density at radius 2 is 0.694 bits per heavy atom. The van der Waals surface area contributed by atoms with Crippen LogP contribution in [0.4, 0.5) is 5.69 Å². The Balaban J connectivity index is 0.000000162. The van der Waals surface area contributed by atoms with Crippen LogP contribution < -0.4 is 5.73 Å². The Bertz CT molecular complexity index is 3220. The van der Waals surface area contributed by atoms with Crippen LogP contribution in [0.1, 0.15) is 11.1 Å². The minimum absolute atomic E-state index is 0. The maximum Gasteiger partial charge on any atom is 0.0964 e. The van der Waals surface area contributed by atoms with Crippen LogP contribution in [0.25, 0.3) is 66.3 Å². The molecule has 72 heavy (non-hydrogen) atoms. The molecule has 0 bridgehead atoms. The van der Waals surface area contributed by atoms with Crippen molar-refractivity contribution in [1.82, 2.24) is 9.97 Å². The molecule has 11 heteroatoms. The Labute approximate surface area is 491 Å². The molecular formula is C61H44BBr4CuI2N3. The molecule has 3 radical (unpaired) electrons. The van der Waals surface area contributed by atoms with Crippen molar-refractivity contribution in [2.75, 3.05) is 5.73 Å². The number of benzene rings is 9. The SMILES string of the molecule is Brc1cccc(-c2ccccc2)c1Cc1c(Br)cccc1-c1ccccc1.Brc1cccc(-c2ccccc2)c1I.Nc1c(Br)cccc1-c1ccccc1.[B].[Cu][I].c1cnc2c(c1)ccc1cccnc12. The average Bonchev–Trinajstić information content (AvgIpc) is 3.43. The van der Waals surface area contributed by atoms with E-state index in [9.17, 15) is 0 Å². The molecule has 0 amide bonds. The van der Waals surface area contributed by atoms with Gasteiger partial charge in [0.15, 0.2) is 0 Å². The van der Waals surface area contributed by atoms with E-state index in [1.54, 1.807) is 32.7 Å². The number of hydrogen-bond donors (Lipinski definition) is 1. The molecule has 9 aromatic carbocycles. The zero-order chi connectivity index (χ0) is 50.0. The van der Waals surface area contributed by atoms with E-state index >= 15 is 0 Å². The monoisotopic (exact) mass is 1460 g/mol. The van der Waals surface area contributed by atoms with Gasteiger partial charge in [0.05, 0.1) is 16.7 Å². The molecule has 11 aromatic rings. The summed E-state index contributed by atoms with van der Waals surface area (Å²) in [5.41, 5.74) is 21.1. The molecule has 0 aliphatic heterocycles. The van der Waals surface area contributed by atoms with E-state index in [2.05, 4.69) is 285 Å². The van der Waals surface area contributed by atoms with Crippen molar-refractivity contribution < 1.29 is 12.8 Å². The fourth-order valence-corrected chi connectivity index (χ4v) is 10.3. The molecule has 0 fully saturated rings. The summed E-state index contributed by atoms with van der Waals surface area (Å²) in [4.78, 5) is 8.69. The first kappa shape index (κ1) is 56.9. The number of rotatable bonds is 6. The summed E-state index contributed by atoms with van der Waals surface area (Å²) in [5.74, 6) is 0. The van der Waals surface area contributed by atoms with Crippen molar-refractivity contribution in [3.05, 3.63) is 276 Å². The van der Waals surface area contributed by atoms with E-state index in [1.807, 2.05) is 54.6 Å². The zero-order valence-electron chi connectivity index (χ0n) is 38.4. The fraction of sp³-hybridized carbons (Fsp3) is 0.0164. The first-order chi connectivity index (χ1) is 34.8. The van der Waals surface area contributed by atoms with Gasteiger partial charge in [-0.2, -0.15) is 0 Å². The summed E-state index contributed by atoms with van der Waals surface area (Å²) in [5, 5.41) is 2.28. The fourth-order valence-electron chi connectivity index (χ4n) is 7.86. The second-order valence-electron chi connectivity index (χ2n) is 15.7. The summed E-state index contributed by atoms with van der Waals surface area (Å²) in [6, 6.07) is 78.9. The van der Waals surface area contributed by atoms with Crippen molar-refractivity contribution in [1.29, 1.82) is 0 Å². The van der Waals surface area contributed by atoms with Gasteiger partial charge in [0, 0.05) is 65.0 Å². The predicted molar refractivity (Wildman–Crippen MR) is 335 cm³/mol. The van der Waals surface area contributed by atoms with E-state index in [1.165, 1.54) is 48.1 Å². The van der Waals surface area contributed by atoms with Crippen molar-refractivity contribution >= 4 is 143 Å². The van der Waals surface area contributed by atoms with E-state index in [-0.39, 0.29) is 8.41 Å². The number of fused-ring (bicyclic) bond motifs is 3. The van der Waals surface area contributed by atoms with Crippen LogP contribution in [-0.2, 0) is 19.2 Å². The standard InChI is InChI=1S/C25H18Br2.C12H8BrI.C12H10BrN.C12H8N2.B.Cu.HI/c26-24-15-7-13-20(18-9-3-1-4-10-18)22(24)17-23-21(14-8-16-25(23)27)19-11-5-2-6-12-19;2*13-11-8-4-7-10(12(11)14)9-5-2-1-3-6-9;1-3-9-5-6-10-4-2-8-14-12(10)11(9)13-7-1;;;/h1-16H,17H2;1-8H;1-8H,14H2;1-8H;;;1H/q;;;;;+1;/p-1. The number of nitrogens with zero attached hydrogens (tertiary/aromatic N) is 2. The third kappa shape index (κ3) is 15.1. The van der Waals surface area contributed by atoms with Gasteiger partial charge in [0.1, 0.15) is 0 Å². The first-order valence-electron chi connectivity index (χ1n) is 22.2. The molecular weight excluding hydrogens is 1420 g/mol. The van der Waals surface area contributed by atoms with Gasteiger partial charge in [-0.15, -0.1) is 0 Å². The number of nitrogens with two attached hydrogens (primary N) is 1. The number of nitrogen functional groups attached to an aromatic ring is 1. The van der Waals surface area contributed by atoms with Crippen molar-refractivity contribution in [2.45, 2.75) is 6.42 Å². The largest absolute Gasteiger partial charge is 0.254 e. The van der Waals surface area contributed by atoms with Crippen LogP contribution in [0.15, 0.2) is 261 Å². The topological polar surface area (TPSA) is 51.8 Å². The Kier molecular flexibility index (Phi) is 23.3. The molecule has 359 valence electrons. The molecule has 0 unspecified atom stereocenters. The Morgan fingerprint density at radius 3 is 1.11 bits per heavy atom. The third-order valence-electron chi connectivity index (χ3n) is 11.3. The van der Waals surface area contributed by atoms with Crippen LogP contribution in [0.5, 0.6) is 0 Å². The van der Waals surface area contributed by atoms with Crippen molar-refractivity contribution in [2.24, 2.45) is 0 Å². The predicted octanol–water partition coefficient (Wildman–Crippen LogP) is 19.8. The Morgan fingerprint density at radius 1 is 0.361 bits per heavy atom. The van der Waals surface area contributed by atoms with Gasteiger partial charge in [-0.1, -0.05) is 226 Å². The summed E-state index contributed by atoms with van der Waals surface area (Å²) < 4.78 is 5.63. The van der Waals surface area contributed by atoms with E-state index in [4.69, 9.17) is 5.73 Å². The summed E-state index contributed by atoms with van der Waals surface area (Å²) in [6.07, 6.45) is 4.45. The molecule has 3 nitrogen and oxygen atoms in total. The van der Waals surface area contributed by atoms with Gasteiger partial charge in [0.25, 0.3) is 0 Å². The maximum absolute atomic E-state index is 5.97. The van der Waals surface area contributed by atoms with E-state index in [0.717, 1.165) is 62.9 Å². The molecule has 0 aliphatic rings. The Hall–Kier alpha value is -4.44. The number of anilines is 1. The van der Waals surface area contributed by atoms with Crippen LogP contribution in [0.3, 0.4) is 0 Å². The summed E-state index contributed by atoms with van der Waals surface area (Å²) in [6.45, 7) is 0. The van der Waals surface area contributed by atoms with Crippen LogP contribution in [-0.4, -0.2) is 18.4 Å². The molecule has 2 heterocycles. The van der Waals surface area contributed by atoms with Gasteiger partial charge < -0.3 is 5.73 Å². The molecule has 0 saturated heterocycles. The van der Waals surface area contributed by atoms with Gasteiger partial charge in [-0.25, -0.2) is 0 Å². The van der Waals surface area contributed by atoms with Crippen molar-refractivity contribution in [3.8, 4) is 44.5 Å². The quantitative estimate of drug-likeness (QED) is 0.0781. The number of halogens is 6. The summed E-state index contributed by atoms with van der Waals surface area (Å²) >= 11 is 22.8. The number of hydrogen-bond acceptors (Lipinski definition) is 3. The molecule has 2 aromatic heterocycles. The first-order valence-corrected chi connectivity index (χ1v) is 29.5. The minimum Gasteiger partial charge on any atom is -0.254 e. The van der Waals surface area contributed by atoms with Crippen LogP contribution in [0, 0.1) is 3.57 Å². The summed E-state index contributed by atoms with van der Waals surface area (Å²) in [7, 11) is 0. The number of pyridine rings is 2. The second-order valence-corrected chi connectivity index (χ2v) is 20.2. The van der Waals surface area contributed by atoms with Crippen LogP contribution >= 0.6 is 107 Å². The molecule has 0 atom stereocenters.